The van der Waals surface area contributed by atoms with E-state index < -0.39 is 0 Å². The molecule has 2 rings (SSSR count). The first-order valence-electron chi connectivity index (χ1n) is 5.92. The number of hydrogen-bond acceptors (Lipinski definition) is 3. The van der Waals surface area contributed by atoms with Crippen LogP contribution in [0, 0.1) is 0 Å². The first-order valence-corrected chi connectivity index (χ1v) is 6.30. The third kappa shape index (κ3) is 2.58. The van der Waals surface area contributed by atoms with Gasteiger partial charge in [0.05, 0.1) is 12.3 Å². The average Bonchev–Trinajstić information content (AvgIpc) is 2.78. The maximum atomic E-state index is 5.98. The van der Waals surface area contributed by atoms with Crippen LogP contribution in [0.3, 0.4) is 0 Å². The zero-order valence-corrected chi connectivity index (χ0v) is 11.2. The van der Waals surface area contributed by atoms with E-state index in [0.717, 1.165) is 11.1 Å². The molecule has 0 radical (unpaired) electrons. The summed E-state index contributed by atoms with van der Waals surface area (Å²) in [5, 5.41) is 0.367. The fourth-order valence-electron chi connectivity index (χ4n) is 1.95. The SMILES string of the molecule is CC(C)c1ccc(C(NN)c2ccoc2Cl)cc1. The number of benzene rings is 1. The molecule has 2 aromatic rings. The smallest absolute Gasteiger partial charge is 0.198 e. The summed E-state index contributed by atoms with van der Waals surface area (Å²) in [5.41, 5.74) is 5.97. The highest BCUT2D eigenvalue weighted by molar-refractivity contribution is 6.29. The first-order chi connectivity index (χ1) is 8.63. The summed E-state index contributed by atoms with van der Waals surface area (Å²) >= 11 is 5.98. The van der Waals surface area contributed by atoms with Crippen LogP contribution in [0.5, 0.6) is 0 Å². The summed E-state index contributed by atoms with van der Waals surface area (Å²) < 4.78 is 5.10. The van der Waals surface area contributed by atoms with E-state index in [2.05, 4.69) is 43.5 Å². The Morgan fingerprint density at radius 1 is 1.11 bits per heavy atom. The van der Waals surface area contributed by atoms with Gasteiger partial charge in [0, 0.05) is 5.56 Å². The van der Waals surface area contributed by atoms with Crippen LogP contribution in [0.2, 0.25) is 5.22 Å². The number of rotatable bonds is 4. The van der Waals surface area contributed by atoms with Crippen molar-refractivity contribution < 1.29 is 4.42 Å². The molecule has 1 aromatic carbocycles. The molecule has 96 valence electrons. The van der Waals surface area contributed by atoms with Crippen LogP contribution in [0.4, 0.5) is 0 Å². The van der Waals surface area contributed by atoms with Crippen LogP contribution in [-0.4, -0.2) is 0 Å². The van der Waals surface area contributed by atoms with Gasteiger partial charge in [0.25, 0.3) is 0 Å². The number of nitrogens with two attached hydrogens (primary N) is 1. The van der Waals surface area contributed by atoms with Crippen molar-refractivity contribution in [2.75, 3.05) is 0 Å². The van der Waals surface area contributed by atoms with Gasteiger partial charge in [-0.25, -0.2) is 5.43 Å². The average molecular weight is 265 g/mol. The van der Waals surface area contributed by atoms with Crippen molar-refractivity contribution in [3.63, 3.8) is 0 Å². The highest BCUT2D eigenvalue weighted by Gasteiger charge is 2.17. The molecule has 0 aliphatic rings. The quantitative estimate of drug-likeness (QED) is 0.655. The lowest BCUT2D eigenvalue weighted by Crippen LogP contribution is -2.28. The van der Waals surface area contributed by atoms with Crippen LogP contribution in [-0.2, 0) is 0 Å². The Balaban J connectivity index is 2.31. The second-order valence-electron chi connectivity index (χ2n) is 4.57. The van der Waals surface area contributed by atoms with Crippen LogP contribution >= 0.6 is 11.6 Å². The van der Waals surface area contributed by atoms with Gasteiger partial charge in [-0.15, -0.1) is 0 Å². The maximum absolute atomic E-state index is 5.98. The fraction of sp³-hybridized carbons (Fsp3) is 0.286. The minimum Gasteiger partial charge on any atom is -0.453 e. The number of nitrogens with one attached hydrogen (secondary N) is 1. The lowest BCUT2D eigenvalue weighted by atomic mass is 9.97. The van der Waals surface area contributed by atoms with Gasteiger partial charge in [0.2, 0.25) is 0 Å². The Hall–Kier alpha value is -1.29. The van der Waals surface area contributed by atoms with E-state index >= 15 is 0 Å². The van der Waals surface area contributed by atoms with Crippen molar-refractivity contribution >= 4 is 11.6 Å². The van der Waals surface area contributed by atoms with E-state index in [4.69, 9.17) is 21.9 Å². The molecule has 4 heteroatoms. The molecule has 0 bridgehead atoms. The lowest BCUT2D eigenvalue weighted by Gasteiger charge is -2.16. The van der Waals surface area contributed by atoms with E-state index in [1.807, 2.05) is 6.07 Å². The summed E-state index contributed by atoms with van der Waals surface area (Å²) in [6.45, 7) is 4.33. The molecule has 1 atom stereocenters. The van der Waals surface area contributed by atoms with Gasteiger partial charge in [0.15, 0.2) is 5.22 Å². The predicted molar refractivity (Wildman–Crippen MR) is 73.4 cm³/mol. The van der Waals surface area contributed by atoms with Crippen LogP contribution < -0.4 is 11.3 Å². The number of hydrogen-bond donors (Lipinski definition) is 2. The molecular weight excluding hydrogens is 248 g/mol. The molecule has 0 amide bonds. The molecular formula is C14H17ClN2O. The summed E-state index contributed by atoms with van der Waals surface area (Å²) in [6, 6.07) is 10.0. The lowest BCUT2D eigenvalue weighted by molar-refractivity contribution is 0.555. The molecule has 0 aliphatic carbocycles. The van der Waals surface area contributed by atoms with E-state index in [-0.39, 0.29) is 6.04 Å². The zero-order chi connectivity index (χ0) is 13.1. The number of furan rings is 1. The van der Waals surface area contributed by atoms with Crippen LogP contribution in [0.1, 0.15) is 42.5 Å². The fourth-order valence-corrected chi connectivity index (χ4v) is 2.17. The second-order valence-corrected chi connectivity index (χ2v) is 4.91. The molecule has 1 heterocycles. The molecule has 0 saturated carbocycles. The summed E-state index contributed by atoms with van der Waals surface area (Å²) in [5.74, 6) is 6.13. The maximum Gasteiger partial charge on any atom is 0.198 e. The number of hydrazine groups is 1. The highest BCUT2D eigenvalue weighted by atomic mass is 35.5. The van der Waals surface area contributed by atoms with Gasteiger partial charge >= 0.3 is 0 Å². The Labute approximate surface area is 112 Å². The molecule has 3 nitrogen and oxygen atoms in total. The van der Waals surface area contributed by atoms with Gasteiger partial charge < -0.3 is 4.42 Å². The minimum atomic E-state index is -0.155. The topological polar surface area (TPSA) is 51.2 Å². The summed E-state index contributed by atoms with van der Waals surface area (Å²) in [7, 11) is 0. The summed E-state index contributed by atoms with van der Waals surface area (Å²) in [6.07, 6.45) is 1.56. The van der Waals surface area contributed by atoms with Gasteiger partial charge in [-0.3, -0.25) is 5.84 Å². The van der Waals surface area contributed by atoms with Gasteiger partial charge in [0.1, 0.15) is 0 Å². The van der Waals surface area contributed by atoms with Gasteiger partial charge in [-0.2, -0.15) is 0 Å². The molecule has 0 aliphatic heterocycles. The zero-order valence-electron chi connectivity index (χ0n) is 10.5. The third-order valence-corrected chi connectivity index (χ3v) is 3.37. The Kier molecular flexibility index (Phi) is 4.07. The van der Waals surface area contributed by atoms with E-state index in [1.54, 1.807) is 6.26 Å². The van der Waals surface area contributed by atoms with Gasteiger partial charge in [-0.05, 0) is 34.7 Å². The van der Waals surface area contributed by atoms with Crippen molar-refractivity contribution in [1.29, 1.82) is 0 Å². The third-order valence-electron chi connectivity index (χ3n) is 3.06. The molecule has 0 fully saturated rings. The first kappa shape index (κ1) is 13.1. The normalized spacial score (nSPS) is 12.9. The van der Waals surface area contributed by atoms with E-state index in [9.17, 15) is 0 Å². The Morgan fingerprint density at radius 2 is 1.72 bits per heavy atom. The van der Waals surface area contributed by atoms with Crippen molar-refractivity contribution in [2.45, 2.75) is 25.8 Å². The Bertz CT molecular complexity index is 505. The second kappa shape index (κ2) is 5.57. The van der Waals surface area contributed by atoms with E-state index in [0.29, 0.717) is 11.1 Å². The molecule has 0 saturated heterocycles. The van der Waals surface area contributed by atoms with Crippen molar-refractivity contribution in [3.05, 3.63) is 58.5 Å². The Morgan fingerprint density at radius 3 is 2.17 bits per heavy atom. The van der Waals surface area contributed by atoms with Crippen LogP contribution in [0.15, 0.2) is 41.0 Å². The monoisotopic (exact) mass is 264 g/mol. The molecule has 0 spiro atoms. The van der Waals surface area contributed by atoms with Crippen molar-refractivity contribution in [3.8, 4) is 0 Å². The predicted octanol–water partition coefficient (Wildman–Crippen LogP) is 3.61. The van der Waals surface area contributed by atoms with Crippen molar-refractivity contribution in [1.82, 2.24) is 5.43 Å². The highest BCUT2D eigenvalue weighted by Crippen LogP contribution is 2.29. The largest absolute Gasteiger partial charge is 0.453 e. The molecule has 18 heavy (non-hydrogen) atoms. The van der Waals surface area contributed by atoms with Gasteiger partial charge in [-0.1, -0.05) is 38.1 Å². The molecule has 1 unspecified atom stereocenters. The summed E-state index contributed by atoms with van der Waals surface area (Å²) in [4.78, 5) is 0. The minimum absolute atomic E-state index is 0.155. The number of halogens is 1. The van der Waals surface area contributed by atoms with E-state index in [1.165, 1.54) is 5.56 Å². The van der Waals surface area contributed by atoms with Crippen LogP contribution in [0.25, 0.3) is 0 Å². The molecule has 1 aromatic heterocycles. The molecule has 3 N–H and O–H groups in total. The van der Waals surface area contributed by atoms with Crippen molar-refractivity contribution in [2.24, 2.45) is 5.84 Å². The standard InChI is InChI=1S/C14H17ClN2O/c1-9(2)10-3-5-11(6-4-10)13(17-16)12-7-8-18-14(12)15/h3-9,13,17H,16H2,1-2H3.